The molecule has 1 saturated heterocycles. The summed E-state index contributed by atoms with van der Waals surface area (Å²) in [7, 11) is -3.99. The molecule has 0 aromatic carbocycles. The normalized spacial score (nSPS) is 21.9. The van der Waals surface area contributed by atoms with Crippen molar-refractivity contribution in [1.82, 2.24) is 14.8 Å². The van der Waals surface area contributed by atoms with E-state index in [4.69, 9.17) is 14.7 Å². The quantitative estimate of drug-likeness (QED) is 0.781. The molecule has 1 aliphatic heterocycles. The number of nitrogens with two attached hydrogens (primary N) is 1. The van der Waals surface area contributed by atoms with Gasteiger partial charge in [-0.3, -0.25) is 4.79 Å². The van der Waals surface area contributed by atoms with Crippen LogP contribution in [-0.2, 0) is 14.8 Å². The number of hydrogen-bond acceptors (Lipinski definition) is 7. The monoisotopic (exact) mass is 354 g/mol. The third kappa shape index (κ3) is 2.95. The van der Waals surface area contributed by atoms with Crippen molar-refractivity contribution >= 4 is 15.9 Å². The molecular formula is C14H18N4O5S. The van der Waals surface area contributed by atoms with Crippen molar-refractivity contribution in [2.24, 2.45) is 5.73 Å². The van der Waals surface area contributed by atoms with Crippen molar-refractivity contribution in [2.45, 2.75) is 30.5 Å². The van der Waals surface area contributed by atoms with Crippen LogP contribution >= 0.6 is 0 Å². The van der Waals surface area contributed by atoms with Crippen LogP contribution in [0.25, 0.3) is 11.5 Å². The Hall–Kier alpha value is -2.17. The molecule has 2 atom stereocenters. The van der Waals surface area contributed by atoms with E-state index in [0.717, 1.165) is 4.31 Å². The van der Waals surface area contributed by atoms with E-state index in [0.29, 0.717) is 12.3 Å². The summed E-state index contributed by atoms with van der Waals surface area (Å²) < 4.78 is 37.1. The van der Waals surface area contributed by atoms with Crippen LogP contribution in [0.3, 0.4) is 0 Å². The second-order valence-electron chi connectivity index (χ2n) is 5.48. The van der Waals surface area contributed by atoms with Gasteiger partial charge in [0.25, 0.3) is 10.0 Å². The first-order chi connectivity index (χ1) is 11.4. The fourth-order valence-electron chi connectivity index (χ4n) is 2.68. The maximum atomic E-state index is 12.8. The van der Waals surface area contributed by atoms with Crippen LogP contribution in [-0.4, -0.2) is 49.0 Å². The molecule has 9 nitrogen and oxygen atoms in total. The largest absolute Gasteiger partial charge is 0.440 e. The third-order valence-corrected chi connectivity index (χ3v) is 5.52. The minimum Gasteiger partial charge on any atom is -0.440 e. The maximum absolute atomic E-state index is 12.8. The number of amides is 1. The number of rotatable bonds is 5. The highest BCUT2D eigenvalue weighted by atomic mass is 32.2. The van der Waals surface area contributed by atoms with Gasteiger partial charge in [0.2, 0.25) is 16.8 Å². The van der Waals surface area contributed by atoms with Gasteiger partial charge in [0.05, 0.1) is 6.20 Å². The van der Waals surface area contributed by atoms with Gasteiger partial charge in [-0.05, 0) is 25.5 Å². The molecule has 1 amide bonds. The molecule has 3 N–H and O–H groups in total. The van der Waals surface area contributed by atoms with E-state index in [1.165, 1.54) is 18.3 Å². The Labute approximate surface area is 138 Å². The molecule has 0 saturated carbocycles. The van der Waals surface area contributed by atoms with E-state index >= 15 is 0 Å². The predicted molar refractivity (Wildman–Crippen MR) is 83.2 cm³/mol. The van der Waals surface area contributed by atoms with Crippen LogP contribution in [0.2, 0.25) is 0 Å². The smallest absolute Gasteiger partial charge is 0.277 e. The molecule has 0 bridgehead atoms. The van der Waals surface area contributed by atoms with Gasteiger partial charge in [-0.15, -0.1) is 0 Å². The average molecular weight is 354 g/mol. The molecule has 3 rings (SSSR count). The molecular weight excluding hydrogens is 336 g/mol. The first kappa shape index (κ1) is 16.7. The highest BCUT2D eigenvalue weighted by Crippen LogP contribution is 2.30. The van der Waals surface area contributed by atoms with Crippen molar-refractivity contribution < 1.29 is 22.2 Å². The number of carbonyl (C=O) groups is 1. The zero-order chi connectivity index (χ0) is 17.3. The average Bonchev–Trinajstić information content (AvgIpc) is 3.27. The first-order valence-electron chi connectivity index (χ1n) is 7.49. The fourth-order valence-corrected chi connectivity index (χ4v) is 4.25. The van der Waals surface area contributed by atoms with Crippen molar-refractivity contribution in [3.63, 3.8) is 0 Å². The molecule has 1 fully saturated rings. The Balaban J connectivity index is 1.90. The zero-order valence-corrected chi connectivity index (χ0v) is 13.8. The van der Waals surface area contributed by atoms with Gasteiger partial charge in [0.15, 0.2) is 5.76 Å². The Morgan fingerprint density at radius 1 is 1.42 bits per heavy atom. The van der Waals surface area contributed by atoms with Gasteiger partial charge in [-0.2, -0.15) is 4.31 Å². The van der Waals surface area contributed by atoms with Gasteiger partial charge in [0.1, 0.15) is 6.04 Å². The van der Waals surface area contributed by atoms with E-state index in [1.54, 1.807) is 13.0 Å². The molecule has 0 radical (unpaired) electrons. The van der Waals surface area contributed by atoms with Gasteiger partial charge < -0.3 is 20.0 Å². The number of hydrogen-bond donors (Lipinski definition) is 2. The lowest BCUT2D eigenvalue weighted by molar-refractivity contribution is -0.124. The zero-order valence-electron chi connectivity index (χ0n) is 13.0. The van der Waals surface area contributed by atoms with Crippen LogP contribution in [0.15, 0.2) is 38.4 Å². The van der Waals surface area contributed by atoms with E-state index in [1.807, 2.05) is 0 Å². The Morgan fingerprint density at radius 2 is 2.21 bits per heavy atom. The van der Waals surface area contributed by atoms with E-state index in [-0.39, 0.29) is 29.7 Å². The van der Waals surface area contributed by atoms with E-state index in [2.05, 4.69) is 10.5 Å². The van der Waals surface area contributed by atoms with Crippen LogP contribution in [0, 0.1) is 0 Å². The van der Waals surface area contributed by atoms with Crippen LogP contribution < -0.4 is 11.1 Å². The summed E-state index contributed by atoms with van der Waals surface area (Å²) in [5, 5.41) is 5.92. The Kier molecular flexibility index (Phi) is 4.43. The number of nitrogens with one attached hydrogen (secondary N) is 1. The minimum atomic E-state index is -3.99. The predicted octanol–water partition coefficient (Wildman–Crippen LogP) is 0.161. The molecule has 0 aliphatic carbocycles. The molecule has 2 aromatic rings. The molecule has 1 aliphatic rings. The molecule has 0 spiro atoms. The lowest BCUT2D eigenvalue weighted by Gasteiger charge is -2.21. The molecule has 3 heterocycles. The molecule has 130 valence electrons. The summed E-state index contributed by atoms with van der Waals surface area (Å²) in [6.45, 7) is 2.24. The van der Waals surface area contributed by atoms with Crippen molar-refractivity contribution in [3.05, 3.63) is 24.4 Å². The Morgan fingerprint density at radius 3 is 2.88 bits per heavy atom. The summed E-state index contributed by atoms with van der Waals surface area (Å²) in [4.78, 5) is 12.1. The van der Waals surface area contributed by atoms with E-state index < -0.39 is 22.1 Å². The number of carbonyl (C=O) groups excluding carboxylic acids is 1. The van der Waals surface area contributed by atoms with Gasteiger partial charge >= 0.3 is 0 Å². The number of sulfonamides is 1. The number of aromatic nitrogens is 1. The second kappa shape index (κ2) is 6.38. The number of furan rings is 1. The number of likely N-dealkylation sites (N-methyl/N-ethyl adjacent to an activating group) is 1. The molecule has 24 heavy (non-hydrogen) atoms. The summed E-state index contributed by atoms with van der Waals surface area (Å²) >= 11 is 0. The topological polar surface area (TPSA) is 132 Å². The standard InChI is InChI=1S/C14H18N4O5S/c1-2-16-14(19)10-7-9(15)8-18(10)24(20,21)13-4-3-11(22-13)12-5-6-17-23-12/h3-6,9-10H,2,7-8,15H2,1H3,(H,16,19)/t9-,10-/m0/s1. The van der Waals surface area contributed by atoms with Gasteiger partial charge in [-0.1, -0.05) is 5.16 Å². The lowest BCUT2D eigenvalue weighted by Crippen LogP contribution is -2.45. The SMILES string of the molecule is CCNC(=O)[C@@H]1C[C@H](N)CN1S(=O)(=O)c1ccc(-c2ccno2)o1. The summed E-state index contributed by atoms with van der Waals surface area (Å²) in [6, 6.07) is 3.11. The third-order valence-electron chi connectivity index (χ3n) is 3.77. The summed E-state index contributed by atoms with van der Waals surface area (Å²) in [6.07, 6.45) is 1.69. The van der Waals surface area contributed by atoms with E-state index in [9.17, 15) is 13.2 Å². The first-order valence-corrected chi connectivity index (χ1v) is 8.93. The second-order valence-corrected chi connectivity index (χ2v) is 7.30. The molecule has 10 heteroatoms. The summed E-state index contributed by atoms with van der Waals surface area (Å²) in [5.41, 5.74) is 5.87. The van der Waals surface area contributed by atoms with Gasteiger partial charge in [-0.25, -0.2) is 8.42 Å². The Bertz CT molecular complexity index is 814. The molecule has 0 unspecified atom stereocenters. The minimum absolute atomic E-state index is 0.0580. The number of nitrogens with zero attached hydrogens (tertiary/aromatic N) is 2. The highest BCUT2D eigenvalue weighted by Gasteiger charge is 2.44. The maximum Gasteiger partial charge on any atom is 0.277 e. The van der Waals surface area contributed by atoms with Crippen LogP contribution in [0.5, 0.6) is 0 Å². The van der Waals surface area contributed by atoms with Gasteiger partial charge in [0, 0.05) is 25.2 Å². The lowest BCUT2D eigenvalue weighted by atomic mass is 10.2. The van der Waals surface area contributed by atoms with Crippen molar-refractivity contribution in [1.29, 1.82) is 0 Å². The van der Waals surface area contributed by atoms with Crippen LogP contribution in [0.1, 0.15) is 13.3 Å². The summed E-state index contributed by atoms with van der Waals surface area (Å²) in [5.74, 6) is 0.190. The fraction of sp³-hybridized carbons (Fsp3) is 0.429. The van der Waals surface area contributed by atoms with Crippen molar-refractivity contribution in [2.75, 3.05) is 13.1 Å². The van der Waals surface area contributed by atoms with Crippen LogP contribution in [0.4, 0.5) is 0 Å². The highest BCUT2D eigenvalue weighted by molar-refractivity contribution is 7.89. The van der Waals surface area contributed by atoms with Crippen molar-refractivity contribution in [3.8, 4) is 11.5 Å². The molecule has 2 aromatic heterocycles.